The SMILES string of the molecule is O=C(Cc1ccc(-c2ccccc2)cc1)Nc1ccc(-c2csnn2)cc1. The number of carbonyl (C=O) groups excluding carboxylic acids is 1. The third-order valence-corrected chi connectivity index (χ3v) is 4.75. The maximum absolute atomic E-state index is 12.3. The lowest BCUT2D eigenvalue weighted by molar-refractivity contribution is -0.115. The van der Waals surface area contributed by atoms with Gasteiger partial charge in [0.15, 0.2) is 0 Å². The predicted molar refractivity (Wildman–Crippen MR) is 110 cm³/mol. The van der Waals surface area contributed by atoms with Gasteiger partial charge >= 0.3 is 0 Å². The number of anilines is 1. The van der Waals surface area contributed by atoms with Gasteiger partial charge in [-0.1, -0.05) is 71.2 Å². The maximum Gasteiger partial charge on any atom is 0.228 e. The molecule has 0 saturated heterocycles. The van der Waals surface area contributed by atoms with Crippen LogP contribution in [0.1, 0.15) is 5.56 Å². The van der Waals surface area contributed by atoms with Crippen LogP contribution in [0.5, 0.6) is 0 Å². The number of rotatable bonds is 5. The summed E-state index contributed by atoms with van der Waals surface area (Å²) in [6.45, 7) is 0. The van der Waals surface area contributed by atoms with Gasteiger partial charge in [0, 0.05) is 16.6 Å². The lowest BCUT2D eigenvalue weighted by Crippen LogP contribution is -2.14. The van der Waals surface area contributed by atoms with E-state index < -0.39 is 0 Å². The van der Waals surface area contributed by atoms with Crippen LogP contribution < -0.4 is 5.32 Å². The molecule has 0 bridgehead atoms. The van der Waals surface area contributed by atoms with Gasteiger partial charge in [0.1, 0.15) is 5.69 Å². The van der Waals surface area contributed by atoms with Crippen LogP contribution in [0.2, 0.25) is 0 Å². The highest BCUT2D eigenvalue weighted by atomic mass is 32.1. The lowest BCUT2D eigenvalue weighted by Gasteiger charge is -2.07. The number of aromatic nitrogens is 2. The van der Waals surface area contributed by atoms with Gasteiger partial charge in [0.25, 0.3) is 0 Å². The highest BCUT2D eigenvalue weighted by Crippen LogP contribution is 2.21. The van der Waals surface area contributed by atoms with E-state index in [0.29, 0.717) is 6.42 Å². The van der Waals surface area contributed by atoms with E-state index in [-0.39, 0.29) is 5.91 Å². The first-order chi connectivity index (χ1) is 13.3. The minimum Gasteiger partial charge on any atom is -0.326 e. The molecule has 0 atom stereocenters. The van der Waals surface area contributed by atoms with Crippen LogP contribution in [0.3, 0.4) is 0 Å². The normalized spacial score (nSPS) is 10.5. The summed E-state index contributed by atoms with van der Waals surface area (Å²) in [7, 11) is 0. The largest absolute Gasteiger partial charge is 0.326 e. The van der Waals surface area contributed by atoms with Crippen LogP contribution in [0, 0.1) is 0 Å². The monoisotopic (exact) mass is 371 g/mol. The van der Waals surface area contributed by atoms with Crippen LogP contribution in [0.15, 0.2) is 84.2 Å². The number of amides is 1. The van der Waals surface area contributed by atoms with Crippen molar-refractivity contribution in [3.05, 3.63) is 89.8 Å². The van der Waals surface area contributed by atoms with Crippen molar-refractivity contribution in [2.45, 2.75) is 6.42 Å². The van der Waals surface area contributed by atoms with Gasteiger partial charge in [-0.3, -0.25) is 4.79 Å². The Kier molecular flexibility index (Phi) is 5.03. The summed E-state index contributed by atoms with van der Waals surface area (Å²) < 4.78 is 3.86. The average molecular weight is 371 g/mol. The van der Waals surface area contributed by atoms with Gasteiger partial charge in [0.2, 0.25) is 5.91 Å². The molecular weight excluding hydrogens is 354 g/mol. The van der Waals surface area contributed by atoms with Crippen molar-refractivity contribution in [1.82, 2.24) is 9.59 Å². The number of carbonyl (C=O) groups is 1. The second-order valence-corrected chi connectivity index (χ2v) is 6.77. The summed E-state index contributed by atoms with van der Waals surface area (Å²) in [5.41, 5.74) is 5.90. The van der Waals surface area contributed by atoms with Crippen molar-refractivity contribution in [2.24, 2.45) is 0 Å². The van der Waals surface area contributed by atoms with Crippen LogP contribution in [-0.4, -0.2) is 15.5 Å². The van der Waals surface area contributed by atoms with Crippen LogP contribution >= 0.6 is 11.5 Å². The average Bonchev–Trinajstić information content (AvgIpc) is 3.25. The Morgan fingerprint density at radius 2 is 1.48 bits per heavy atom. The quantitative estimate of drug-likeness (QED) is 0.534. The van der Waals surface area contributed by atoms with E-state index in [2.05, 4.69) is 39.2 Å². The maximum atomic E-state index is 12.3. The first kappa shape index (κ1) is 17.1. The number of hydrogen-bond acceptors (Lipinski definition) is 4. The fraction of sp³-hybridized carbons (Fsp3) is 0.0455. The Balaban J connectivity index is 1.38. The summed E-state index contributed by atoms with van der Waals surface area (Å²) in [5.74, 6) is -0.0365. The molecule has 0 saturated carbocycles. The Bertz CT molecular complexity index is 1010. The van der Waals surface area contributed by atoms with Gasteiger partial charge in [-0.05, 0) is 40.4 Å². The molecule has 0 fully saturated rings. The molecule has 0 spiro atoms. The van der Waals surface area contributed by atoms with E-state index in [0.717, 1.165) is 28.1 Å². The third kappa shape index (κ3) is 4.27. The minimum atomic E-state index is -0.0365. The summed E-state index contributed by atoms with van der Waals surface area (Å²) in [4.78, 5) is 12.3. The molecular formula is C22H17N3OS. The predicted octanol–water partition coefficient (Wildman–Crippen LogP) is 5.05. The standard InChI is InChI=1S/C22H17N3OS/c26-22(23-20-12-10-19(11-13-20)21-15-27-25-24-21)14-16-6-8-18(9-7-16)17-4-2-1-3-5-17/h1-13,15H,14H2,(H,23,26). The molecule has 0 aliphatic rings. The molecule has 0 radical (unpaired) electrons. The first-order valence-corrected chi connectivity index (χ1v) is 9.43. The Morgan fingerprint density at radius 1 is 0.815 bits per heavy atom. The Hall–Kier alpha value is -3.31. The molecule has 27 heavy (non-hydrogen) atoms. The topological polar surface area (TPSA) is 54.9 Å². The van der Waals surface area contributed by atoms with E-state index in [1.54, 1.807) is 0 Å². The molecule has 0 aliphatic heterocycles. The molecule has 0 unspecified atom stereocenters. The number of hydrogen-bond donors (Lipinski definition) is 1. The molecule has 1 amide bonds. The molecule has 1 aromatic heterocycles. The van der Waals surface area contributed by atoms with Crippen molar-refractivity contribution in [3.63, 3.8) is 0 Å². The molecule has 4 rings (SSSR count). The van der Waals surface area contributed by atoms with Crippen LogP contribution in [-0.2, 0) is 11.2 Å². The highest BCUT2D eigenvalue weighted by molar-refractivity contribution is 7.03. The lowest BCUT2D eigenvalue weighted by atomic mass is 10.0. The number of nitrogens with zero attached hydrogens (tertiary/aromatic N) is 2. The smallest absolute Gasteiger partial charge is 0.228 e. The Labute approximate surface area is 161 Å². The first-order valence-electron chi connectivity index (χ1n) is 8.60. The van der Waals surface area contributed by atoms with Crippen molar-refractivity contribution < 1.29 is 4.79 Å². The van der Waals surface area contributed by atoms with E-state index in [1.165, 1.54) is 17.1 Å². The fourth-order valence-corrected chi connectivity index (χ4v) is 3.32. The molecule has 1 N–H and O–H groups in total. The molecule has 5 heteroatoms. The van der Waals surface area contributed by atoms with E-state index in [1.807, 2.05) is 60.0 Å². The molecule has 1 heterocycles. The van der Waals surface area contributed by atoms with Crippen molar-refractivity contribution in [3.8, 4) is 22.4 Å². The van der Waals surface area contributed by atoms with E-state index >= 15 is 0 Å². The van der Waals surface area contributed by atoms with Gasteiger partial charge in [-0.15, -0.1) is 5.10 Å². The van der Waals surface area contributed by atoms with Crippen molar-refractivity contribution >= 4 is 23.1 Å². The van der Waals surface area contributed by atoms with Crippen molar-refractivity contribution in [2.75, 3.05) is 5.32 Å². The highest BCUT2D eigenvalue weighted by Gasteiger charge is 2.06. The van der Waals surface area contributed by atoms with Gasteiger partial charge in [0.05, 0.1) is 6.42 Å². The van der Waals surface area contributed by atoms with Gasteiger partial charge in [-0.2, -0.15) is 0 Å². The minimum absolute atomic E-state index is 0.0365. The molecule has 3 aromatic carbocycles. The fourth-order valence-electron chi connectivity index (χ4n) is 2.85. The summed E-state index contributed by atoms with van der Waals surface area (Å²) in [5, 5.41) is 8.88. The summed E-state index contributed by atoms with van der Waals surface area (Å²) in [6, 6.07) is 25.9. The van der Waals surface area contributed by atoms with Crippen LogP contribution in [0.25, 0.3) is 22.4 Å². The van der Waals surface area contributed by atoms with E-state index in [9.17, 15) is 4.79 Å². The Morgan fingerprint density at radius 3 is 2.15 bits per heavy atom. The van der Waals surface area contributed by atoms with Crippen molar-refractivity contribution in [1.29, 1.82) is 0 Å². The molecule has 0 aliphatic carbocycles. The van der Waals surface area contributed by atoms with Gasteiger partial charge in [-0.25, -0.2) is 0 Å². The third-order valence-electron chi connectivity index (χ3n) is 4.25. The van der Waals surface area contributed by atoms with Gasteiger partial charge < -0.3 is 5.32 Å². The molecule has 4 nitrogen and oxygen atoms in total. The van der Waals surface area contributed by atoms with Crippen LogP contribution in [0.4, 0.5) is 5.69 Å². The number of benzene rings is 3. The zero-order chi connectivity index (χ0) is 18.5. The molecule has 132 valence electrons. The zero-order valence-corrected chi connectivity index (χ0v) is 15.3. The summed E-state index contributed by atoms with van der Waals surface area (Å²) in [6.07, 6.45) is 0.340. The summed E-state index contributed by atoms with van der Waals surface area (Å²) >= 11 is 1.32. The molecule has 4 aromatic rings. The number of nitrogens with one attached hydrogen (secondary N) is 1. The second-order valence-electron chi connectivity index (χ2n) is 6.16. The second kappa shape index (κ2) is 7.93. The van der Waals surface area contributed by atoms with E-state index in [4.69, 9.17) is 0 Å². The zero-order valence-electron chi connectivity index (χ0n) is 14.5.